The number of thiophene rings is 1. The van der Waals surface area contributed by atoms with Crippen molar-refractivity contribution < 1.29 is 4.92 Å². The van der Waals surface area contributed by atoms with E-state index in [1.165, 1.54) is 37.0 Å². The third-order valence-corrected chi connectivity index (χ3v) is 4.55. The van der Waals surface area contributed by atoms with Gasteiger partial charge < -0.3 is 5.32 Å². The number of hydrogen-bond donors (Lipinski definition) is 1. The summed E-state index contributed by atoms with van der Waals surface area (Å²) in [6.45, 7) is 0.780. The minimum Gasteiger partial charge on any atom is -0.309 e. The molecule has 4 nitrogen and oxygen atoms in total. The van der Waals surface area contributed by atoms with Gasteiger partial charge in [0.2, 0.25) is 0 Å². The predicted molar refractivity (Wildman–Crippen MR) is 67.0 cm³/mol. The van der Waals surface area contributed by atoms with Crippen molar-refractivity contribution in [2.24, 2.45) is 11.8 Å². The molecule has 92 valence electrons. The van der Waals surface area contributed by atoms with Gasteiger partial charge in [-0.15, -0.1) is 0 Å². The van der Waals surface area contributed by atoms with Gasteiger partial charge in [0.1, 0.15) is 0 Å². The lowest BCUT2D eigenvalue weighted by Crippen LogP contribution is -2.32. The summed E-state index contributed by atoms with van der Waals surface area (Å²) in [7, 11) is 0. The zero-order valence-electron chi connectivity index (χ0n) is 9.59. The highest BCUT2D eigenvalue weighted by Gasteiger charge is 2.40. The van der Waals surface area contributed by atoms with E-state index < -0.39 is 0 Å². The van der Waals surface area contributed by atoms with E-state index in [4.69, 9.17) is 0 Å². The molecule has 3 rings (SSSR count). The Hall–Kier alpha value is -0.940. The molecule has 1 aromatic heterocycles. The molecule has 0 saturated heterocycles. The summed E-state index contributed by atoms with van der Waals surface area (Å²) in [5, 5.41) is 16.3. The zero-order valence-corrected chi connectivity index (χ0v) is 10.4. The van der Waals surface area contributed by atoms with Gasteiger partial charge in [-0.3, -0.25) is 10.1 Å². The molecule has 1 N–H and O–H groups in total. The molecule has 0 spiro atoms. The van der Waals surface area contributed by atoms with Crippen molar-refractivity contribution >= 4 is 16.3 Å². The van der Waals surface area contributed by atoms with Crippen molar-refractivity contribution in [3.8, 4) is 0 Å². The molecule has 2 fully saturated rings. The van der Waals surface area contributed by atoms with Crippen molar-refractivity contribution in [3.05, 3.63) is 27.1 Å². The van der Waals surface area contributed by atoms with Gasteiger partial charge in [0, 0.05) is 24.0 Å². The van der Waals surface area contributed by atoms with Crippen molar-refractivity contribution in [3.63, 3.8) is 0 Å². The third kappa shape index (κ3) is 2.66. The molecule has 17 heavy (non-hydrogen) atoms. The van der Waals surface area contributed by atoms with E-state index >= 15 is 0 Å². The largest absolute Gasteiger partial charge is 0.324 e. The molecule has 0 unspecified atom stereocenters. The van der Waals surface area contributed by atoms with E-state index in [0.29, 0.717) is 6.04 Å². The molecule has 0 atom stereocenters. The Bertz CT molecular complexity index is 412. The molecule has 0 bridgehead atoms. The fourth-order valence-corrected chi connectivity index (χ4v) is 3.14. The Labute approximate surface area is 104 Å². The van der Waals surface area contributed by atoms with Gasteiger partial charge in [-0.1, -0.05) is 11.3 Å². The monoisotopic (exact) mass is 252 g/mol. The lowest BCUT2D eigenvalue weighted by molar-refractivity contribution is -0.380. The van der Waals surface area contributed by atoms with Crippen LogP contribution in [0.15, 0.2) is 11.4 Å². The second kappa shape index (κ2) is 4.38. The van der Waals surface area contributed by atoms with Crippen molar-refractivity contribution in [1.82, 2.24) is 5.32 Å². The average Bonchev–Trinajstić information content (AvgIpc) is 3.20. The van der Waals surface area contributed by atoms with Gasteiger partial charge in [0.25, 0.3) is 0 Å². The molecule has 0 amide bonds. The van der Waals surface area contributed by atoms with E-state index in [0.717, 1.165) is 23.9 Å². The van der Waals surface area contributed by atoms with Crippen LogP contribution in [0.25, 0.3) is 0 Å². The maximum Gasteiger partial charge on any atom is 0.324 e. The molecule has 5 heteroatoms. The van der Waals surface area contributed by atoms with Crippen molar-refractivity contribution in [2.75, 3.05) is 0 Å². The normalized spacial score (nSPS) is 19.8. The van der Waals surface area contributed by atoms with E-state index in [-0.39, 0.29) is 9.92 Å². The van der Waals surface area contributed by atoms with Gasteiger partial charge in [0.05, 0.1) is 4.92 Å². The molecule has 2 saturated carbocycles. The van der Waals surface area contributed by atoms with Gasteiger partial charge in [0.15, 0.2) is 0 Å². The van der Waals surface area contributed by atoms with Crippen LogP contribution in [0, 0.1) is 22.0 Å². The molecule has 2 aliphatic carbocycles. The molecule has 2 aliphatic rings. The first kappa shape index (κ1) is 11.2. The number of nitro groups is 1. The molecule has 1 aromatic rings. The van der Waals surface area contributed by atoms with Crippen LogP contribution < -0.4 is 5.32 Å². The van der Waals surface area contributed by atoms with Crippen molar-refractivity contribution in [1.29, 1.82) is 0 Å². The number of nitrogens with one attached hydrogen (secondary N) is 1. The maximum absolute atomic E-state index is 10.6. The van der Waals surface area contributed by atoms with Gasteiger partial charge in [-0.25, -0.2) is 0 Å². The maximum atomic E-state index is 10.6. The molecular weight excluding hydrogens is 236 g/mol. The van der Waals surface area contributed by atoms with Crippen LogP contribution in [0.3, 0.4) is 0 Å². The second-order valence-electron chi connectivity index (χ2n) is 5.13. The third-order valence-electron chi connectivity index (χ3n) is 3.62. The Morgan fingerprint density at radius 2 is 2.06 bits per heavy atom. The highest BCUT2D eigenvalue weighted by Crippen LogP contribution is 2.44. The van der Waals surface area contributed by atoms with Crippen molar-refractivity contribution in [2.45, 2.75) is 38.3 Å². The minimum atomic E-state index is -0.312. The predicted octanol–water partition coefficient (Wildman–Crippen LogP) is 2.93. The van der Waals surface area contributed by atoms with Crippen LogP contribution in [0.5, 0.6) is 0 Å². The fraction of sp³-hybridized carbons (Fsp3) is 0.667. The van der Waals surface area contributed by atoms with E-state index in [2.05, 4.69) is 5.32 Å². The molecule has 0 aromatic carbocycles. The topological polar surface area (TPSA) is 55.2 Å². The van der Waals surface area contributed by atoms with Crippen LogP contribution in [0.2, 0.25) is 0 Å². The Morgan fingerprint density at radius 3 is 2.53 bits per heavy atom. The summed E-state index contributed by atoms with van der Waals surface area (Å²) >= 11 is 1.22. The van der Waals surface area contributed by atoms with Gasteiger partial charge in [-0.2, -0.15) is 0 Å². The van der Waals surface area contributed by atoms with Crippen LogP contribution in [0.4, 0.5) is 5.00 Å². The summed E-state index contributed by atoms with van der Waals surface area (Å²) in [4.78, 5) is 10.3. The fourth-order valence-electron chi connectivity index (χ4n) is 2.42. The second-order valence-corrected chi connectivity index (χ2v) is 6.02. The Kier molecular flexibility index (Phi) is 2.88. The number of nitrogens with zero attached hydrogens (tertiary/aromatic N) is 1. The lowest BCUT2D eigenvalue weighted by Gasteiger charge is -2.16. The van der Waals surface area contributed by atoms with E-state index in [1.807, 2.05) is 5.38 Å². The first-order valence-corrected chi connectivity index (χ1v) is 7.07. The van der Waals surface area contributed by atoms with Crippen LogP contribution in [0.1, 0.15) is 31.2 Å². The highest BCUT2D eigenvalue weighted by molar-refractivity contribution is 7.13. The summed E-state index contributed by atoms with van der Waals surface area (Å²) in [5.41, 5.74) is 1.05. The molecular formula is C12H16N2O2S. The summed E-state index contributed by atoms with van der Waals surface area (Å²) in [6.07, 6.45) is 5.44. The Morgan fingerprint density at radius 1 is 1.41 bits per heavy atom. The zero-order chi connectivity index (χ0) is 11.8. The van der Waals surface area contributed by atoms with Crippen LogP contribution in [-0.4, -0.2) is 11.0 Å². The number of rotatable bonds is 6. The quantitative estimate of drug-likeness (QED) is 0.625. The van der Waals surface area contributed by atoms with E-state index in [1.54, 1.807) is 6.07 Å². The lowest BCUT2D eigenvalue weighted by atomic mass is 10.1. The SMILES string of the molecule is O=[N+]([O-])c1cc(CNC(C2CC2)C2CC2)cs1. The van der Waals surface area contributed by atoms with E-state index in [9.17, 15) is 10.1 Å². The number of hydrogen-bond acceptors (Lipinski definition) is 4. The highest BCUT2D eigenvalue weighted by atomic mass is 32.1. The Balaban J connectivity index is 1.56. The van der Waals surface area contributed by atoms with Crippen LogP contribution in [-0.2, 0) is 6.54 Å². The van der Waals surface area contributed by atoms with Crippen LogP contribution >= 0.6 is 11.3 Å². The molecule has 1 heterocycles. The van der Waals surface area contributed by atoms with Gasteiger partial charge >= 0.3 is 5.00 Å². The first-order chi connectivity index (χ1) is 8.24. The summed E-state index contributed by atoms with van der Waals surface area (Å²) < 4.78 is 0. The standard InChI is InChI=1S/C12H16N2O2S/c15-14(16)11-5-8(7-17-11)6-13-12(9-1-2-9)10-3-4-10/h5,7,9-10,12-13H,1-4,6H2. The summed E-state index contributed by atoms with van der Waals surface area (Å²) in [5.74, 6) is 1.74. The smallest absolute Gasteiger partial charge is 0.309 e. The summed E-state index contributed by atoms with van der Waals surface area (Å²) in [6, 6.07) is 2.35. The average molecular weight is 252 g/mol. The molecule has 0 radical (unpaired) electrons. The minimum absolute atomic E-state index is 0.246. The van der Waals surface area contributed by atoms with Gasteiger partial charge in [-0.05, 0) is 43.1 Å². The molecule has 0 aliphatic heterocycles. The first-order valence-electron chi connectivity index (χ1n) is 6.19.